The second-order valence-electron chi connectivity index (χ2n) is 5.64. The van der Waals surface area contributed by atoms with Crippen molar-refractivity contribution in [1.82, 2.24) is 5.32 Å². The van der Waals surface area contributed by atoms with Crippen molar-refractivity contribution in [3.63, 3.8) is 0 Å². The Bertz CT molecular complexity index is 205. The van der Waals surface area contributed by atoms with Crippen LogP contribution in [0.2, 0.25) is 0 Å². The van der Waals surface area contributed by atoms with Gasteiger partial charge in [-0.2, -0.15) is 0 Å². The Morgan fingerprint density at radius 3 is 2.44 bits per heavy atom. The summed E-state index contributed by atoms with van der Waals surface area (Å²) in [6.45, 7) is 7.56. The molecule has 1 aliphatic rings. The first kappa shape index (κ1) is 13.7. The number of rotatable bonds is 6. The Kier molecular flexibility index (Phi) is 6.04. The first-order chi connectivity index (χ1) is 7.59. The molecule has 1 N–H and O–H groups in total. The highest BCUT2D eigenvalue weighted by molar-refractivity contribution is 5.81. The molecule has 0 heterocycles. The highest BCUT2D eigenvalue weighted by atomic mass is 16.1. The van der Waals surface area contributed by atoms with E-state index in [4.69, 9.17) is 0 Å². The summed E-state index contributed by atoms with van der Waals surface area (Å²) < 4.78 is 0. The molecule has 0 radical (unpaired) electrons. The van der Waals surface area contributed by atoms with Gasteiger partial charge in [0.1, 0.15) is 5.78 Å². The first-order valence-corrected chi connectivity index (χ1v) is 6.85. The maximum atomic E-state index is 11.9. The van der Waals surface area contributed by atoms with Gasteiger partial charge in [0.2, 0.25) is 0 Å². The molecule has 0 amide bonds. The molecule has 0 aromatic carbocycles. The van der Waals surface area contributed by atoms with E-state index in [0.29, 0.717) is 17.7 Å². The quantitative estimate of drug-likeness (QED) is 0.704. The first-order valence-electron chi connectivity index (χ1n) is 6.85. The molecule has 1 rings (SSSR count). The van der Waals surface area contributed by atoms with Gasteiger partial charge in [0.25, 0.3) is 0 Å². The molecule has 1 saturated carbocycles. The third-order valence-electron chi connectivity index (χ3n) is 3.62. The maximum absolute atomic E-state index is 11.9. The Hall–Kier alpha value is -0.370. The monoisotopic (exact) mass is 225 g/mol. The number of carbonyl (C=O) groups is 1. The van der Waals surface area contributed by atoms with Crippen LogP contribution in [0.25, 0.3) is 0 Å². The van der Waals surface area contributed by atoms with Gasteiger partial charge in [0, 0.05) is 18.4 Å². The van der Waals surface area contributed by atoms with E-state index in [9.17, 15) is 4.79 Å². The molecule has 0 atom stereocenters. The van der Waals surface area contributed by atoms with Crippen LogP contribution in [0.1, 0.15) is 59.3 Å². The predicted octanol–water partition coefficient (Wildman–Crippen LogP) is 3.16. The van der Waals surface area contributed by atoms with Gasteiger partial charge in [-0.15, -0.1) is 0 Å². The molecule has 2 nitrogen and oxygen atoms in total. The zero-order valence-electron chi connectivity index (χ0n) is 11.1. The van der Waals surface area contributed by atoms with Gasteiger partial charge in [-0.05, 0) is 31.7 Å². The fourth-order valence-corrected chi connectivity index (χ4v) is 2.44. The van der Waals surface area contributed by atoms with E-state index in [2.05, 4.69) is 26.1 Å². The zero-order chi connectivity index (χ0) is 12.0. The molecule has 16 heavy (non-hydrogen) atoms. The zero-order valence-corrected chi connectivity index (χ0v) is 11.1. The highest BCUT2D eigenvalue weighted by Crippen LogP contribution is 2.29. The van der Waals surface area contributed by atoms with Crippen molar-refractivity contribution in [3.8, 4) is 0 Å². The summed E-state index contributed by atoms with van der Waals surface area (Å²) in [5, 5.41) is 3.36. The Balaban J connectivity index is 2.10. The van der Waals surface area contributed by atoms with Gasteiger partial charge in [0.05, 0.1) is 0 Å². The van der Waals surface area contributed by atoms with E-state index in [1.165, 1.54) is 12.8 Å². The SMILES string of the molecule is CC1CCC(C(=O)CCCNC(C)C)CC1. The van der Waals surface area contributed by atoms with E-state index in [0.717, 1.165) is 38.1 Å². The van der Waals surface area contributed by atoms with Gasteiger partial charge < -0.3 is 5.32 Å². The number of carbonyl (C=O) groups excluding carboxylic acids is 1. The Morgan fingerprint density at radius 1 is 1.25 bits per heavy atom. The van der Waals surface area contributed by atoms with Crippen LogP contribution in [0.5, 0.6) is 0 Å². The summed E-state index contributed by atoms with van der Waals surface area (Å²) in [5.74, 6) is 1.74. The molecule has 0 spiro atoms. The smallest absolute Gasteiger partial charge is 0.136 e. The number of Topliss-reactive ketones (excluding diaryl/α,β-unsaturated/α-hetero) is 1. The molecule has 1 fully saturated rings. The molecular formula is C14H27NO. The molecule has 1 aliphatic carbocycles. The minimum atomic E-state index is 0.384. The van der Waals surface area contributed by atoms with Gasteiger partial charge in [0.15, 0.2) is 0 Å². The van der Waals surface area contributed by atoms with E-state index in [1.54, 1.807) is 0 Å². The van der Waals surface area contributed by atoms with Crippen molar-refractivity contribution < 1.29 is 4.79 Å². The molecule has 0 aromatic heterocycles. The lowest BCUT2D eigenvalue weighted by molar-refractivity contribution is -0.124. The van der Waals surface area contributed by atoms with Crippen LogP contribution in [-0.4, -0.2) is 18.4 Å². The Labute approximate surface area is 100 Å². The lowest BCUT2D eigenvalue weighted by Crippen LogP contribution is -2.25. The molecule has 0 unspecified atom stereocenters. The number of hydrogen-bond donors (Lipinski definition) is 1. The topological polar surface area (TPSA) is 29.1 Å². The van der Waals surface area contributed by atoms with Crippen LogP contribution >= 0.6 is 0 Å². The largest absolute Gasteiger partial charge is 0.315 e. The van der Waals surface area contributed by atoms with E-state index < -0.39 is 0 Å². The van der Waals surface area contributed by atoms with Crippen LogP contribution in [0, 0.1) is 11.8 Å². The van der Waals surface area contributed by atoms with Crippen molar-refractivity contribution in [2.45, 2.75) is 65.3 Å². The fourth-order valence-electron chi connectivity index (χ4n) is 2.44. The second-order valence-corrected chi connectivity index (χ2v) is 5.64. The summed E-state index contributed by atoms with van der Waals surface area (Å²) in [4.78, 5) is 11.9. The fraction of sp³-hybridized carbons (Fsp3) is 0.929. The van der Waals surface area contributed by atoms with Gasteiger partial charge in [-0.3, -0.25) is 4.79 Å². The van der Waals surface area contributed by atoms with Gasteiger partial charge in [-0.1, -0.05) is 33.6 Å². The molecule has 0 aromatic rings. The van der Waals surface area contributed by atoms with Crippen molar-refractivity contribution in [2.24, 2.45) is 11.8 Å². The van der Waals surface area contributed by atoms with E-state index >= 15 is 0 Å². The molecule has 2 heteroatoms. The summed E-state index contributed by atoms with van der Waals surface area (Å²) in [5.41, 5.74) is 0. The van der Waals surface area contributed by atoms with Crippen molar-refractivity contribution in [2.75, 3.05) is 6.54 Å². The minimum Gasteiger partial charge on any atom is -0.315 e. The van der Waals surface area contributed by atoms with Crippen LogP contribution in [-0.2, 0) is 4.79 Å². The molecule has 0 bridgehead atoms. The highest BCUT2D eigenvalue weighted by Gasteiger charge is 2.23. The number of nitrogens with one attached hydrogen (secondary N) is 1. The second kappa shape index (κ2) is 7.05. The standard InChI is InChI=1S/C14H27NO/c1-11(2)15-10-4-5-14(16)13-8-6-12(3)7-9-13/h11-13,15H,4-10H2,1-3H3. The number of ketones is 1. The average Bonchev–Trinajstić information content (AvgIpc) is 2.25. The van der Waals surface area contributed by atoms with Crippen molar-refractivity contribution >= 4 is 5.78 Å². The van der Waals surface area contributed by atoms with E-state index in [1.807, 2.05) is 0 Å². The minimum absolute atomic E-state index is 0.384. The van der Waals surface area contributed by atoms with Gasteiger partial charge in [-0.25, -0.2) is 0 Å². The van der Waals surface area contributed by atoms with E-state index in [-0.39, 0.29) is 0 Å². The molecule has 94 valence electrons. The average molecular weight is 225 g/mol. The molecule has 0 aliphatic heterocycles. The normalized spacial score (nSPS) is 26.0. The van der Waals surface area contributed by atoms with Crippen LogP contribution in [0.4, 0.5) is 0 Å². The third-order valence-corrected chi connectivity index (χ3v) is 3.62. The summed E-state index contributed by atoms with van der Waals surface area (Å²) >= 11 is 0. The summed E-state index contributed by atoms with van der Waals surface area (Å²) in [6, 6.07) is 0.533. The summed E-state index contributed by atoms with van der Waals surface area (Å²) in [7, 11) is 0. The maximum Gasteiger partial charge on any atom is 0.136 e. The Morgan fingerprint density at radius 2 is 1.88 bits per heavy atom. The predicted molar refractivity (Wildman–Crippen MR) is 68.5 cm³/mol. The molecular weight excluding hydrogens is 198 g/mol. The number of hydrogen-bond acceptors (Lipinski definition) is 2. The molecule has 0 saturated heterocycles. The van der Waals surface area contributed by atoms with Gasteiger partial charge >= 0.3 is 0 Å². The van der Waals surface area contributed by atoms with Crippen LogP contribution in [0.15, 0.2) is 0 Å². The third kappa shape index (κ3) is 5.11. The van der Waals surface area contributed by atoms with Crippen molar-refractivity contribution in [3.05, 3.63) is 0 Å². The van der Waals surface area contributed by atoms with Crippen molar-refractivity contribution in [1.29, 1.82) is 0 Å². The lowest BCUT2D eigenvalue weighted by Gasteiger charge is -2.25. The van der Waals surface area contributed by atoms with Crippen LogP contribution in [0.3, 0.4) is 0 Å². The van der Waals surface area contributed by atoms with Crippen LogP contribution < -0.4 is 5.32 Å². The summed E-state index contributed by atoms with van der Waals surface area (Å²) in [6.07, 6.45) is 6.55. The lowest BCUT2D eigenvalue weighted by atomic mass is 9.80.